The molecule has 1 N–H and O–H groups in total. The Bertz CT molecular complexity index is 1140. The third-order valence-electron chi connectivity index (χ3n) is 5.41. The summed E-state index contributed by atoms with van der Waals surface area (Å²) >= 11 is 7.94. The zero-order valence-corrected chi connectivity index (χ0v) is 16.9. The number of amides is 1. The molecule has 1 fully saturated rings. The average molecular weight is 415 g/mol. The molecule has 5 nitrogen and oxygen atoms in total. The standard InChI is InChI=1S/C21H21ClN4OS/c22-17-13-18-15(12-20(27)23-18)11-14(17)5-6-25-7-9-26(10-8-25)21-16-3-1-2-4-19(16)28-24-21/h1-4,11,13H,5-10,12H2,(H,23,27)/i11D,13D. The molecule has 2 aliphatic heterocycles. The van der Waals surface area contributed by atoms with E-state index in [0.29, 0.717) is 29.3 Å². The van der Waals surface area contributed by atoms with E-state index in [2.05, 4.69) is 37.7 Å². The zero-order chi connectivity index (χ0) is 20.8. The lowest BCUT2D eigenvalue weighted by Crippen LogP contribution is -2.47. The summed E-state index contributed by atoms with van der Waals surface area (Å²) in [4.78, 5) is 16.4. The molecule has 5 rings (SSSR count). The van der Waals surface area contributed by atoms with E-state index in [4.69, 9.17) is 14.3 Å². The van der Waals surface area contributed by atoms with Gasteiger partial charge in [0.25, 0.3) is 0 Å². The van der Waals surface area contributed by atoms with Crippen molar-refractivity contribution in [1.29, 1.82) is 0 Å². The maximum Gasteiger partial charge on any atom is 0.228 e. The van der Waals surface area contributed by atoms with Gasteiger partial charge in [0, 0.05) is 48.8 Å². The first-order chi connectivity index (χ1) is 14.5. The Morgan fingerprint density at radius 2 is 2.04 bits per heavy atom. The topological polar surface area (TPSA) is 48.5 Å². The number of fused-ring (bicyclic) bond motifs is 2. The molecule has 2 aliphatic rings. The summed E-state index contributed by atoms with van der Waals surface area (Å²) < 4.78 is 22.6. The molecule has 0 atom stereocenters. The zero-order valence-electron chi connectivity index (χ0n) is 17.3. The van der Waals surface area contributed by atoms with Gasteiger partial charge in [-0.25, -0.2) is 0 Å². The molecular formula is C21H21ClN4OS. The first kappa shape index (κ1) is 15.7. The highest BCUT2D eigenvalue weighted by molar-refractivity contribution is 7.13. The van der Waals surface area contributed by atoms with Crippen molar-refractivity contribution in [3.8, 4) is 0 Å². The molecule has 144 valence electrons. The Labute approximate surface area is 175 Å². The maximum absolute atomic E-state index is 11.7. The number of benzene rings is 2. The summed E-state index contributed by atoms with van der Waals surface area (Å²) in [7, 11) is 0. The molecule has 3 heterocycles. The van der Waals surface area contributed by atoms with Crippen molar-refractivity contribution in [2.45, 2.75) is 12.8 Å². The average Bonchev–Trinajstić information content (AvgIpc) is 3.36. The number of piperazine rings is 1. The number of hydrogen-bond donors (Lipinski definition) is 1. The Hall–Kier alpha value is -2.15. The van der Waals surface area contributed by atoms with Crippen molar-refractivity contribution >= 4 is 50.6 Å². The molecule has 0 bridgehead atoms. The van der Waals surface area contributed by atoms with Crippen molar-refractivity contribution in [2.75, 3.05) is 42.9 Å². The fourth-order valence-electron chi connectivity index (χ4n) is 3.87. The Morgan fingerprint density at radius 1 is 1.21 bits per heavy atom. The van der Waals surface area contributed by atoms with Crippen molar-refractivity contribution < 1.29 is 7.54 Å². The third kappa shape index (κ3) is 3.36. The van der Waals surface area contributed by atoms with E-state index >= 15 is 0 Å². The van der Waals surface area contributed by atoms with Crippen LogP contribution in [0, 0.1) is 0 Å². The molecule has 2 aromatic carbocycles. The molecule has 0 spiro atoms. The molecule has 0 saturated carbocycles. The Balaban J connectivity index is 1.26. The maximum atomic E-state index is 11.7. The summed E-state index contributed by atoms with van der Waals surface area (Å²) in [6, 6.07) is 8.76. The predicted molar refractivity (Wildman–Crippen MR) is 116 cm³/mol. The fraction of sp³-hybridized carbons (Fsp3) is 0.333. The SMILES string of the molecule is [2H]c1c(CCN2CCN(c3nsc4ccccc34)CC2)c(Cl)c([2H])c2c1CC(=O)N2. The highest BCUT2D eigenvalue weighted by atomic mass is 35.5. The number of aromatic nitrogens is 1. The van der Waals surface area contributed by atoms with E-state index in [1.165, 1.54) is 10.1 Å². The van der Waals surface area contributed by atoms with E-state index in [1.54, 1.807) is 11.5 Å². The highest BCUT2D eigenvalue weighted by Crippen LogP contribution is 2.31. The van der Waals surface area contributed by atoms with Crippen LogP contribution >= 0.6 is 23.1 Å². The number of anilines is 2. The first-order valence-electron chi connectivity index (χ1n) is 10.4. The molecule has 1 aromatic heterocycles. The van der Waals surface area contributed by atoms with Gasteiger partial charge < -0.3 is 10.2 Å². The minimum absolute atomic E-state index is 0.128. The Kier molecular flexibility index (Phi) is 4.13. The van der Waals surface area contributed by atoms with Gasteiger partial charge in [0.15, 0.2) is 0 Å². The van der Waals surface area contributed by atoms with Crippen molar-refractivity contribution in [1.82, 2.24) is 9.27 Å². The number of nitrogens with one attached hydrogen (secondary N) is 1. The first-order valence-corrected chi connectivity index (χ1v) is 10.6. The number of carbonyl (C=O) groups is 1. The lowest BCUT2D eigenvalue weighted by molar-refractivity contribution is -0.115. The van der Waals surface area contributed by atoms with E-state index in [0.717, 1.165) is 38.5 Å². The van der Waals surface area contributed by atoms with Crippen LogP contribution in [0.3, 0.4) is 0 Å². The monoisotopic (exact) mass is 414 g/mol. The molecule has 0 radical (unpaired) electrons. The van der Waals surface area contributed by atoms with Crippen molar-refractivity contribution in [2.24, 2.45) is 0 Å². The van der Waals surface area contributed by atoms with Crippen molar-refractivity contribution in [3.63, 3.8) is 0 Å². The van der Waals surface area contributed by atoms with Gasteiger partial charge in [0.2, 0.25) is 5.91 Å². The number of hydrogen-bond acceptors (Lipinski definition) is 5. The quantitative estimate of drug-likeness (QED) is 0.705. The van der Waals surface area contributed by atoms with E-state index in [1.807, 2.05) is 6.07 Å². The molecule has 0 aliphatic carbocycles. The predicted octanol–water partition coefficient (Wildman–Crippen LogP) is 3.81. The third-order valence-corrected chi connectivity index (χ3v) is 6.55. The van der Waals surface area contributed by atoms with Crippen molar-refractivity contribution in [3.05, 3.63) is 52.5 Å². The van der Waals surface area contributed by atoms with Gasteiger partial charge in [-0.3, -0.25) is 9.69 Å². The number of carbonyl (C=O) groups excluding carboxylic acids is 1. The largest absolute Gasteiger partial charge is 0.353 e. The van der Waals surface area contributed by atoms with E-state index < -0.39 is 0 Å². The van der Waals surface area contributed by atoms with Crippen LogP contribution in [-0.2, 0) is 17.6 Å². The molecule has 3 aromatic rings. The lowest BCUT2D eigenvalue weighted by Gasteiger charge is -2.35. The summed E-state index contributed by atoms with van der Waals surface area (Å²) in [5.41, 5.74) is 1.68. The minimum atomic E-state index is -0.175. The minimum Gasteiger partial charge on any atom is -0.353 e. The van der Waals surface area contributed by atoms with Crippen LogP contribution in [0.1, 0.15) is 13.9 Å². The van der Waals surface area contributed by atoms with Gasteiger partial charge in [0.1, 0.15) is 5.82 Å². The highest BCUT2D eigenvalue weighted by Gasteiger charge is 2.22. The smallest absolute Gasteiger partial charge is 0.228 e. The van der Waals surface area contributed by atoms with Gasteiger partial charge in [-0.15, -0.1) is 0 Å². The second-order valence-corrected chi connectivity index (χ2v) is 8.39. The van der Waals surface area contributed by atoms with Crippen LogP contribution in [0.4, 0.5) is 11.5 Å². The summed E-state index contributed by atoms with van der Waals surface area (Å²) in [5.74, 6) is 0.896. The van der Waals surface area contributed by atoms with Crippen LogP contribution < -0.4 is 10.2 Å². The van der Waals surface area contributed by atoms with Gasteiger partial charge >= 0.3 is 0 Å². The van der Waals surface area contributed by atoms with Crippen LogP contribution in [0.25, 0.3) is 10.1 Å². The van der Waals surface area contributed by atoms with Crippen LogP contribution in [0.15, 0.2) is 36.4 Å². The number of rotatable bonds is 4. The molecule has 28 heavy (non-hydrogen) atoms. The van der Waals surface area contributed by atoms with Gasteiger partial charge in [0.05, 0.1) is 13.9 Å². The summed E-state index contributed by atoms with van der Waals surface area (Å²) in [5, 5.41) is 4.16. The van der Waals surface area contributed by atoms with E-state index in [-0.39, 0.29) is 23.4 Å². The normalized spacial score (nSPS) is 18.2. The molecule has 1 saturated heterocycles. The van der Waals surface area contributed by atoms with Crippen LogP contribution in [0.2, 0.25) is 5.02 Å². The second kappa shape index (κ2) is 7.35. The molecule has 1 amide bonds. The summed E-state index contributed by atoms with van der Waals surface area (Å²) in [6.45, 7) is 4.41. The van der Waals surface area contributed by atoms with Gasteiger partial charge in [-0.05, 0) is 47.3 Å². The number of nitrogens with zero attached hydrogens (tertiary/aromatic N) is 3. The number of halogens is 1. The molecular weight excluding hydrogens is 392 g/mol. The Morgan fingerprint density at radius 3 is 2.89 bits per heavy atom. The molecule has 0 unspecified atom stereocenters. The van der Waals surface area contributed by atoms with E-state index in [9.17, 15) is 4.79 Å². The summed E-state index contributed by atoms with van der Waals surface area (Å²) in [6.07, 6.45) is 0.759. The lowest BCUT2D eigenvalue weighted by atomic mass is 10.1. The van der Waals surface area contributed by atoms with Gasteiger partial charge in [-0.1, -0.05) is 29.8 Å². The second-order valence-electron chi connectivity index (χ2n) is 7.20. The molecule has 7 heteroatoms. The van der Waals surface area contributed by atoms with Crippen LogP contribution in [0.5, 0.6) is 0 Å². The fourth-order valence-corrected chi connectivity index (χ4v) is 4.90. The van der Waals surface area contributed by atoms with Gasteiger partial charge in [-0.2, -0.15) is 4.37 Å². The van der Waals surface area contributed by atoms with Crippen LogP contribution in [-0.4, -0.2) is 47.9 Å².